The van der Waals surface area contributed by atoms with Gasteiger partial charge in [-0.3, -0.25) is 9.59 Å². The third-order valence-corrected chi connectivity index (χ3v) is 4.90. The second-order valence-electron chi connectivity index (χ2n) is 6.09. The second-order valence-corrected chi connectivity index (χ2v) is 7.17. The van der Waals surface area contributed by atoms with Gasteiger partial charge in [0.25, 0.3) is 5.91 Å². The van der Waals surface area contributed by atoms with Crippen LogP contribution in [0.25, 0.3) is 10.1 Å². The van der Waals surface area contributed by atoms with E-state index in [2.05, 4.69) is 10.6 Å². The fraction of sp³-hybridized carbons (Fsp3) is 0.150. The first-order valence-corrected chi connectivity index (χ1v) is 9.22. The first kappa shape index (κ1) is 19.5. The molecule has 6 nitrogen and oxygen atoms in total. The molecule has 0 aliphatic heterocycles. The Morgan fingerprint density at radius 1 is 1.00 bits per heavy atom. The Balaban J connectivity index is 1.61. The summed E-state index contributed by atoms with van der Waals surface area (Å²) in [6, 6.07) is 12.3. The van der Waals surface area contributed by atoms with Crippen LogP contribution in [0.4, 0.5) is 15.8 Å². The van der Waals surface area contributed by atoms with Gasteiger partial charge in [-0.1, -0.05) is 0 Å². The van der Waals surface area contributed by atoms with E-state index in [1.54, 1.807) is 30.3 Å². The molecule has 2 amide bonds. The molecule has 1 heterocycles. The van der Waals surface area contributed by atoms with E-state index in [4.69, 9.17) is 4.74 Å². The Kier molecular flexibility index (Phi) is 5.70. The topological polar surface area (TPSA) is 84.5 Å². The Labute approximate surface area is 164 Å². The van der Waals surface area contributed by atoms with Crippen molar-refractivity contribution in [3.05, 3.63) is 59.2 Å². The van der Waals surface area contributed by atoms with Crippen LogP contribution in [-0.2, 0) is 14.3 Å². The summed E-state index contributed by atoms with van der Waals surface area (Å²) in [6.45, 7) is 2.87. The minimum atomic E-state index is -1.02. The van der Waals surface area contributed by atoms with Crippen LogP contribution >= 0.6 is 11.3 Å². The smallest absolute Gasteiger partial charge is 0.349 e. The summed E-state index contributed by atoms with van der Waals surface area (Å²) >= 11 is 1.17. The summed E-state index contributed by atoms with van der Waals surface area (Å²) in [5, 5.41) is 5.87. The van der Waals surface area contributed by atoms with Crippen molar-refractivity contribution in [2.75, 3.05) is 10.6 Å². The second kappa shape index (κ2) is 8.18. The number of carbonyl (C=O) groups is 3. The third kappa shape index (κ3) is 4.72. The lowest BCUT2D eigenvalue weighted by Crippen LogP contribution is -2.29. The van der Waals surface area contributed by atoms with Gasteiger partial charge < -0.3 is 15.4 Å². The van der Waals surface area contributed by atoms with Crippen LogP contribution in [0.2, 0.25) is 0 Å². The van der Waals surface area contributed by atoms with Crippen LogP contribution in [0.15, 0.2) is 48.5 Å². The molecular weight excluding hydrogens is 383 g/mol. The molecule has 3 aromatic rings. The zero-order valence-electron chi connectivity index (χ0n) is 15.1. The number of amides is 2. The first-order valence-electron chi connectivity index (χ1n) is 8.40. The van der Waals surface area contributed by atoms with Gasteiger partial charge in [-0.05, 0) is 60.8 Å². The molecule has 0 spiro atoms. The summed E-state index contributed by atoms with van der Waals surface area (Å²) in [5.41, 5.74) is 1.10. The highest BCUT2D eigenvalue weighted by atomic mass is 32.1. The van der Waals surface area contributed by atoms with Gasteiger partial charge in [0.1, 0.15) is 10.7 Å². The quantitative estimate of drug-likeness (QED) is 0.629. The van der Waals surface area contributed by atoms with Gasteiger partial charge in [0.05, 0.1) is 0 Å². The predicted molar refractivity (Wildman–Crippen MR) is 106 cm³/mol. The molecule has 0 unspecified atom stereocenters. The van der Waals surface area contributed by atoms with E-state index in [-0.39, 0.29) is 11.7 Å². The highest BCUT2D eigenvalue weighted by molar-refractivity contribution is 7.20. The zero-order valence-corrected chi connectivity index (χ0v) is 15.9. The van der Waals surface area contributed by atoms with Crippen LogP contribution < -0.4 is 10.6 Å². The molecule has 3 rings (SSSR count). The Hall–Kier alpha value is -3.26. The van der Waals surface area contributed by atoms with Crippen molar-refractivity contribution >= 4 is 50.6 Å². The number of benzene rings is 2. The molecule has 28 heavy (non-hydrogen) atoms. The molecule has 0 aliphatic carbocycles. The van der Waals surface area contributed by atoms with Gasteiger partial charge >= 0.3 is 5.97 Å². The van der Waals surface area contributed by atoms with E-state index in [1.165, 1.54) is 43.4 Å². The molecule has 0 fully saturated rings. The number of anilines is 2. The zero-order chi connectivity index (χ0) is 20.3. The van der Waals surface area contributed by atoms with Crippen LogP contribution in [-0.4, -0.2) is 23.9 Å². The molecule has 144 valence electrons. The molecule has 0 aliphatic rings. The lowest BCUT2D eigenvalue weighted by Gasteiger charge is -2.13. The van der Waals surface area contributed by atoms with E-state index >= 15 is 0 Å². The van der Waals surface area contributed by atoms with Crippen molar-refractivity contribution in [1.29, 1.82) is 0 Å². The minimum absolute atomic E-state index is 0.193. The van der Waals surface area contributed by atoms with Crippen molar-refractivity contribution in [3.8, 4) is 0 Å². The summed E-state index contributed by atoms with van der Waals surface area (Å²) in [6.07, 6.45) is -1.02. The maximum absolute atomic E-state index is 13.3. The fourth-order valence-corrected chi connectivity index (χ4v) is 3.40. The van der Waals surface area contributed by atoms with Gasteiger partial charge in [-0.2, -0.15) is 0 Å². The maximum atomic E-state index is 13.3. The molecule has 0 radical (unpaired) electrons. The van der Waals surface area contributed by atoms with E-state index in [1.807, 2.05) is 0 Å². The average Bonchev–Trinajstić information content (AvgIpc) is 3.06. The molecule has 0 bridgehead atoms. The Morgan fingerprint density at radius 2 is 1.64 bits per heavy atom. The fourth-order valence-electron chi connectivity index (χ4n) is 2.47. The monoisotopic (exact) mass is 400 g/mol. The summed E-state index contributed by atoms with van der Waals surface area (Å²) in [5.74, 6) is -1.72. The largest absolute Gasteiger partial charge is 0.448 e. The number of ether oxygens (including phenoxy) is 1. The number of nitrogens with one attached hydrogen (secondary N) is 2. The SMILES string of the molecule is CC(=O)Nc1ccc(NC(=O)[C@H](C)OC(=O)c2cc3cc(F)ccc3s2)cc1. The number of rotatable bonds is 5. The van der Waals surface area contributed by atoms with Gasteiger partial charge in [-0.25, -0.2) is 9.18 Å². The van der Waals surface area contributed by atoms with Crippen LogP contribution in [0.3, 0.4) is 0 Å². The van der Waals surface area contributed by atoms with Crippen LogP contribution in [0, 0.1) is 5.82 Å². The number of hydrogen-bond acceptors (Lipinski definition) is 5. The number of carbonyl (C=O) groups excluding carboxylic acids is 3. The number of hydrogen-bond donors (Lipinski definition) is 2. The molecule has 2 N–H and O–H groups in total. The molecule has 2 aromatic carbocycles. The lowest BCUT2D eigenvalue weighted by atomic mass is 10.2. The van der Waals surface area contributed by atoms with Gasteiger partial charge in [-0.15, -0.1) is 11.3 Å². The number of esters is 1. The van der Waals surface area contributed by atoms with E-state index in [0.717, 1.165) is 4.70 Å². The summed E-state index contributed by atoms with van der Waals surface area (Å²) in [7, 11) is 0. The number of halogens is 1. The molecule has 0 saturated carbocycles. The summed E-state index contributed by atoms with van der Waals surface area (Å²) in [4.78, 5) is 35.8. The van der Waals surface area contributed by atoms with Crippen molar-refractivity contribution in [2.45, 2.75) is 20.0 Å². The van der Waals surface area contributed by atoms with Crippen LogP contribution in [0.5, 0.6) is 0 Å². The van der Waals surface area contributed by atoms with E-state index in [9.17, 15) is 18.8 Å². The van der Waals surface area contributed by atoms with Crippen molar-refractivity contribution in [1.82, 2.24) is 0 Å². The van der Waals surface area contributed by atoms with Gasteiger partial charge in [0.15, 0.2) is 6.10 Å². The number of thiophene rings is 1. The maximum Gasteiger partial charge on any atom is 0.349 e. The van der Waals surface area contributed by atoms with Gasteiger partial charge in [0, 0.05) is 23.0 Å². The van der Waals surface area contributed by atoms with Gasteiger partial charge in [0.2, 0.25) is 5.91 Å². The molecule has 8 heteroatoms. The van der Waals surface area contributed by atoms with E-state index in [0.29, 0.717) is 21.6 Å². The average molecular weight is 400 g/mol. The van der Waals surface area contributed by atoms with Crippen molar-refractivity contribution < 1.29 is 23.5 Å². The standard InChI is InChI=1S/C20H17FN2O4S/c1-11(19(25)23-16-6-4-15(5-7-16)22-12(2)24)27-20(26)18-10-13-9-14(21)3-8-17(13)28-18/h3-11H,1-2H3,(H,22,24)(H,23,25)/t11-/m0/s1. The highest BCUT2D eigenvalue weighted by Gasteiger charge is 2.20. The number of fused-ring (bicyclic) bond motifs is 1. The highest BCUT2D eigenvalue weighted by Crippen LogP contribution is 2.27. The van der Waals surface area contributed by atoms with Crippen molar-refractivity contribution in [2.24, 2.45) is 0 Å². The minimum Gasteiger partial charge on any atom is -0.448 e. The molecule has 0 saturated heterocycles. The molecule has 1 atom stereocenters. The third-order valence-electron chi connectivity index (χ3n) is 3.81. The molecular formula is C20H17FN2O4S. The van der Waals surface area contributed by atoms with E-state index < -0.39 is 18.0 Å². The summed E-state index contributed by atoms with van der Waals surface area (Å²) < 4.78 is 19.2. The Morgan fingerprint density at radius 3 is 2.29 bits per heavy atom. The van der Waals surface area contributed by atoms with Crippen molar-refractivity contribution in [3.63, 3.8) is 0 Å². The molecule has 1 aromatic heterocycles. The van der Waals surface area contributed by atoms with Crippen LogP contribution in [0.1, 0.15) is 23.5 Å². The predicted octanol–water partition coefficient (Wildman–Crippen LogP) is 4.18. The normalized spacial score (nSPS) is 11.7. The Bertz CT molecular complexity index is 1050. The lowest BCUT2D eigenvalue weighted by molar-refractivity contribution is -0.123. The first-order chi connectivity index (χ1) is 13.3.